The van der Waals surface area contributed by atoms with Crippen LogP contribution in [0.15, 0.2) is 12.3 Å². The van der Waals surface area contributed by atoms with E-state index < -0.39 is 0 Å². The summed E-state index contributed by atoms with van der Waals surface area (Å²) in [7, 11) is 0. The van der Waals surface area contributed by atoms with E-state index in [1.54, 1.807) is 0 Å². The Bertz CT molecular complexity index is 205. The van der Waals surface area contributed by atoms with Gasteiger partial charge in [-0.1, -0.05) is 13.8 Å². The molecule has 0 radical (unpaired) electrons. The van der Waals surface area contributed by atoms with Gasteiger partial charge < -0.3 is 0 Å². The van der Waals surface area contributed by atoms with Gasteiger partial charge in [0, 0.05) is 12.6 Å². The molecular formula is C7H11FN2. The van der Waals surface area contributed by atoms with Gasteiger partial charge in [-0.05, 0) is 5.92 Å². The molecule has 0 aliphatic heterocycles. The van der Waals surface area contributed by atoms with Crippen molar-refractivity contribution in [1.82, 2.24) is 9.78 Å². The zero-order chi connectivity index (χ0) is 7.56. The van der Waals surface area contributed by atoms with Gasteiger partial charge >= 0.3 is 0 Å². The predicted octanol–water partition coefficient (Wildman–Crippen LogP) is 1.68. The molecule has 0 saturated heterocycles. The first-order valence-electron chi connectivity index (χ1n) is 3.37. The molecule has 10 heavy (non-hydrogen) atoms. The largest absolute Gasteiger partial charge is 0.239 e. The summed E-state index contributed by atoms with van der Waals surface area (Å²) in [6.45, 7) is 4.71. The zero-order valence-electron chi connectivity index (χ0n) is 6.21. The summed E-state index contributed by atoms with van der Waals surface area (Å²) >= 11 is 0. The van der Waals surface area contributed by atoms with Crippen molar-refractivity contribution in [3.8, 4) is 0 Å². The molecular weight excluding hydrogens is 131 g/mol. The van der Waals surface area contributed by atoms with Crippen molar-refractivity contribution < 1.29 is 4.39 Å². The predicted molar refractivity (Wildman–Crippen MR) is 37.0 cm³/mol. The van der Waals surface area contributed by atoms with Crippen molar-refractivity contribution >= 4 is 0 Å². The molecule has 56 valence electrons. The molecule has 0 spiro atoms. The molecule has 0 amide bonds. The van der Waals surface area contributed by atoms with E-state index in [1.807, 2.05) is 13.8 Å². The van der Waals surface area contributed by atoms with Crippen LogP contribution in [0, 0.1) is 11.9 Å². The lowest BCUT2D eigenvalue weighted by Crippen LogP contribution is -2.07. The van der Waals surface area contributed by atoms with Gasteiger partial charge in [0.1, 0.15) is 0 Å². The molecule has 3 heteroatoms. The molecule has 0 aliphatic rings. The molecule has 0 aliphatic carbocycles. The minimum atomic E-state index is -0.256. The third-order valence-corrected chi connectivity index (χ3v) is 1.20. The van der Waals surface area contributed by atoms with Crippen LogP contribution in [-0.4, -0.2) is 9.78 Å². The summed E-state index contributed by atoms with van der Waals surface area (Å²) in [6.07, 6.45) is 1.47. The summed E-state index contributed by atoms with van der Waals surface area (Å²) in [5.41, 5.74) is 0. The van der Waals surface area contributed by atoms with Crippen LogP contribution >= 0.6 is 0 Å². The van der Waals surface area contributed by atoms with E-state index >= 15 is 0 Å². The quantitative estimate of drug-likeness (QED) is 0.614. The SMILES string of the molecule is CC(C)Cn1nccc1F. The number of halogens is 1. The van der Waals surface area contributed by atoms with E-state index in [0.717, 1.165) is 0 Å². The lowest BCUT2D eigenvalue weighted by atomic mass is 10.2. The molecule has 0 aromatic carbocycles. The van der Waals surface area contributed by atoms with Gasteiger partial charge in [-0.3, -0.25) is 0 Å². The zero-order valence-corrected chi connectivity index (χ0v) is 6.21. The normalized spacial score (nSPS) is 10.8. The van der Waals surface area contributed by atoms with Gasteiger partial charge in [0.25, 0.3) is 0 Å². The van der Waals surface area contributed by atoms with E-state index in [-0.39, 0.29) is 5.95 Å². The second kappa shape index (κ2) is 2.82. The Balaban J connectivity index is 2.65. The summed E-state index contributed by atoms with van der Waals surface area (Å²) in [4.78, 5) is 0. The number of rotatable bonds is 2. The number of hydrogen-bond donors (Lipinski definition) is 0. The number of hydrogen-bond acceptors (Lipinski definition) is 1. The smallest absolute Gasteiger partial charge is 0.211 e. The minimum Gasteiger partial charge on any atom is -0.239 e. The molecule has 0 unspecified atom stereocenters. The molecule has 1 aromatic rings. The molecule has 1 rings (SSSR count). The summed E-state index contributed by atoms with van der Waals surface area (Å²) < 4.78 is 14.0. The molecule has 0 saturated carbocycles. The minimum absolute atomic E-state index is 0.256. The van der Waals surface area contributed by atoms with Gasteiger partial charge in [0.15, 0.2) is 0 Å². The summed E-state index contributed by atoms with van der Waals surface area (Å²) in [5.74, 6) is 0.183. The first-order chi connectivity index (χ1) is 4.70. The van der Waals surface area contributed by atoms with Crippen LogP contribution in [0.1, 0.15) is 13.8 Å². The van der Waals surface area contributed by atoms with Crippen LogP contribution in [0.2, 0.25) is 0 Å². The van der Waals surface area contributed by atoms with Crippen LogP contribution in [0.3, 0.4) is 0 Å². The molecule has 1 heterocycles. The van der Waals surface area contributed by atoms with E-state index in [9.17, 15) is 4.39 Å². The Kier molecular flexibility index (Phi) is 2.04. The maximum absolute atomic E-state index is 12.6. The lowest BCUT2D eigenvalue weighted by Gasteiger charge is -2.03. The molecule has 0 N–H and O–H groups in total. The van der Waals surface area contributed by atoms with Crippen molar-refractivity contribution in [3.63, 3.8) is 0 Å². The second-order valence-corrected chi connectivity index (χ2v) is 2.73. The monoisotopic (exact) mass is 142 g/mol. The van der Waals surface area contributed by atoms with Gasteiger partial charge in [0.2, 0.25) is 5.95 Å². The third-order valence-electron chi connectivity index (χ3n) is 1.20. The third kappa shape index (κ3) is 1.56. The highest BCUT2D eigenvalue weighted by molar-refractivity contribution is 4.82. The van der Waals surface area contributed by atoms with Crippen LogP contribution in [-0.2, 0) is 6.54 Å². The van der Waals surface area contributed by atoms with Crippen molar-refractivity contribution in [2.45, 2.75) is 20.4 Å². The fourth-order valence-electron chi connectivity index (χ4n) is 0.797. The maximum Gasteiger partial charge on any atom is 0.211 e. The van der Waals surface area contributed by atoms with Crippen molar-refractivity contribution in [2.75, 3.05) is 0 Å². The first kappa shape index (κ1) is 7.25. The van der Waals surface area contributed by atoms with Gasteiger partial charge in [-0.25, -0.2) is 4.68 Å². The van der Waals surface area contributed by atoms with Crippen molar-refractivity contribution in [2.24, 2.45) is 5.92 Å². The van der Waals surface area contributed by atoms with Crippen molar-refractivity contribution in [1.29, 1.82) is 0 Å². The summed E-state index contributed by atoms with van der Waals surface area (Å²) in [5, 5.41) is 3.80. The van der Waals surface area contributed by atoms with E-state index in [2.05, 4.69) is 5.10 Å². The Hall–Kier alpha value is -0.860. The first-order valence-corrected chi connectivity index (χ1v) is 3.37. The molecule has 2 nitrogen and oxygen atoms in total. The highest BCUT2D eigenvalue weighted by Gasteiger charge is 2.01. The van der Waals surface area contributed by atoms with E-state index in [0.29, 0.717) is 12.5 Å². The Morgan fingerprint density at radius 1 is 1.70 bits per heavy atom. The molecule has 0 atom stereocenters. The number of nitrogens with zero attached hydrogens (tertiary/aromatic N) is 2. The number of aromatic nitrogens is 2. The lowest BCUT2D eigenvalue weighted by molar-refractivity contribution is 0.402. The van der Waals surface area contributed by atoms with Gasteiger partial charge in [-0.15, -0.1) is 0 Å². The Morgan fingerprint density at radius 2 is 2.40 bits per heavy atom. The molecule has 1 aromatic heterocycles. The Morgan fingerprint density at radius 3 is 2.80 bits per heavy atom. The van der Waals surface area contributed by atoms with Crippen LogP contribution < -0.4 is 0 Å². The van der Waals surface area contributed by atoms with E-state index in [1.165, 1.54) is 16.9 Å². The maximum atomic E-state index is 12.6. The summed E-state index contributed by atoms with van der Waals surface area (Å²) in [6, 6.07) is 1.36. The molecule has 0 bridgehead atoms. The van der Waals surface area contributed by atoms with E-state index in [4.69, 9.17) is 0 Å². The fraction of sp³-hybridized carbons (Fsp3) is 0.571. The fourth-order valence-corrected chi connectivity index (χ4v) is 0.797. The van der Waals surface area contributed by atoms with Crippen LogP contribution in [0.25, 0.3) is 0 Å². The van der Waals surface area contributed by atoms with Gasteiger partial charge in [-0.2, -0.15) is 9.49 Å². The van der Waals surface area contributed by atoms with Crippen LogP contribution in [0.4, 0.5) is 4.39 Å². The van der Waals surface area contributed by atoms with Gasteiger partial charge in [0.05, 0.1) is 6.20 Å². The standard InChI is InChI=1S/C7H11FN2/c1-6(2)5-10-7(8)3-4-9-10/h3-4,6H,5H2,1-2H3. The molecule has 0 fully saturated rings. The average Bonchev–Trinajstić information content (AvgIpc) is 2.15. The van der Waals surface area contributed by atoms with Crippen LogP contribution in [0.5, 0.6) is 0 Å². The Labute approximate surface area is 59.7 Å². The average molecular weight is 142 g/mol. The van der Waals surface area contributed by atoms with Crippen molar-refractivity contribution in [3.05, 3.63) is 18.2 Å². The second-order valence-electron chi connectivity index (χ2n) is 2.73. The highest BCUT2D eigenvalue weighted by atomic mass is 19.1. The topological polar surface area (TPSA) is 17.8 Å². The highest BCUT2D eigenvalue weighted by Crippen LogP contribution is 2.00.